The third kappa shape index (κ3) is 4.15. The van der Waals surface area contributed by atoms with Crippen molar-refractivity contribution in [3.63, 3.8) is 0 Å². The highest BCUT2D eigenvalue weighted by atomic mass is 16.5. The first-order valence-electron chi connectivity index (χ1n) is 8.31. The molecule has 118 valence electrons. The van der Waals surface area contributed by atoms with E-state index < -0.39 is 0 Å². The minimum absolute atomic E-state index is 0.302. The van der Waals surface area contributed by atoms with Gasteiger partial charge in [0, 0.05) is 25.6 Å². The van der Waals surface area contributed by atoms with Crippen molar-refractivity contribution < 1.29 is 4.74 Å². The normalized spacial score (nSPS) is 17.3. The van der Waals surface area contributed by atoms with Gasteiger partial charge in [-0.2, -0.15) is 0 Å². The van der Waals surface area contributed by atoms with Crippen LogP contribution in [0.2, 0.25) is 0 Å². The maximum atomic E-state index is 6.08. The van der Waals surface area contributed by atoms with E-state index in [9.17, 15) is 0 Å². The summed E-state index contributed by atoms with van der Waals surface area (Å²) in [5.41, 5.74) is 1.31. The van der Waals surface area contributed by atoms with Crippen molar-refractivity contribution in [2.24, 2.45) is 0 Å². The number of rotatable bonds is 5. The average molecular weight is 305 g/mol. The van der Waals surface area contributed by atoms with Gasteiger partial charge in [0.1, 0.15) is 11.9 Å². The van der Waals surface area contributed by atoms with Crippen molar-refractivity contribution in [1.29, 1.82) is 0 Å². The standard InChI is InChI=1S/C21H23NO/c1-2-9-21(18-10-5-3-6-11-18)22-16-14-20(15-17-22)23-19-12-7-4-8-13-19/h1,3-8,10-13,20-21H,9,14-17H2. The fraction of sp³-hybridized carbons (Fsp3) is 0.333. The van der Waals surface area contributed by atoms with Gasteiger partial charge >= 0.3 is 0 Å². The molecule has 1 fully saturated rings. The Morgan fingerprint density at radius 3 is 2.22 bits per heavy atom. The van der Waals surface area contributed by atoms with Gasteiger partial charge in [-0.3, -0.25) is 4.90 Å². The highest BCUT2D eigenvalue weighted by Gasteiger charge is 2.26. The molecule has 1 aliphatic heterocycles. The summed E-state index contributed by atoms with van der Waals surface area (Å²) in [5, 5.41) is 0. The third-order valence-corrected chi connectivity index (χ3v) is 4.46. The van der Waals surface area contributed by atoms with Crippen LogP contribution in [-0.4, -0.2) is 24.1 Å². The lowest BCUT2D eigenvalue weighted by Gasteiger charge is -2.37. The molecular formula is C21H23NO. The maximum absolute atomic E-state index is 6.08. The van der Waals surface area contributed by atoms with E-state index in [-0.39, 0.29) is 0 Å². The van der Waals surface area contributed by atoms with Gasteiger partial charge in [-0.25, -0.2) is 0 Å². The van der Waals surface area contributed by atoms with E-state index in [0.717, 1.165) is 38.1 Å². The molecule has 2 aromatic carbocycles. The Morgan fingerprint density at radius 1 is 1.00 bits per heavy atom. The predicted molar refractivity (Wildman–Crippen MR) is 94.3 cm³/mol. The van der Waals surface area contributed by atoms with Crippen LogP contribution in [0.3, 0.4) is 0 Å². The summed E-state index contributed by atoms with van der Waals surface area (Å²) in [6.07, 6.45) is 8.75. The molecule has 0 aromatic heterocycles. The zero-order chi connectivity index (χ0) is 15.9. The van der Waals surface area contributed by atoms with E-state index in [1.165, 1.54) is 5.56 Å². The summed E-state index contributed by atoms with van der Waals surface area (Å²) in [4.78, 5) is 2.50. The van der Waals surface area contributed by atoms with E-state index in [1.54, 1.807) is 0 Å². The Hall–Kier alpha value is -2.24. The van der Waals surface area contributed by atoms with E-state index in [0.29, 0.717) is 12.1 Å². The number of piperidine rings is 1. The maximum Gasteiger partial charge on any atom is 0.119 e. The molecule has 1 saturated heterocycles. The first-order valence-corrected chi connectivity index (χ1v) is 8.31. The topological polar surface area (TPSA) is 12.5 Å². The zero-order valence-corrected chi connectivity index (χ0v) is 13.4. The molecular weight excluding hydrogens is 282 g/mol. The lowest BCUT2D eigenvalue weighted by molar-refractivity contribution is 0.0761. The summed E-state index contributed by atoms with van der Waals surface area (Å²) >= 11 is 0. The molecule has 1 heterocycles. The molecule has 3 rings (SSSR count). The fourth-order valence-corrected chi connectivity index (χ4v) is 3.24. The minimum Gasteiger partial charge on any atom is -0.490 e. The largest absolute Gasteiger partial charge is 0.490 e. The van der Waals surface area contributed by atoms with Gasteiger partial charge in [-0.05, 0) is 30.5 Å². The fourth-order valence-electron chi connectivity index (χ4n) is 3.24. The Bertz CT molecular complexity index is 624. The van der Waals surface area contributed by atoms with Crippen molar-refractivity contribution >= 4 is 0 Å². The van der Waals surface area contributed by atoms with E-state index in [2.05, 4.69) is 41.2 Å². The van der Waals surface area contributed by atoms with Crippen molar-refractivity contribution in [3.05, 3.63) is 66.2 Å². The molecule has 2 aromatic rings. The minimum atomic E-state index is 0.302. The van der Waals surface area contributed by atoms with Crippen LogP contribution in [0.1, 0.15) is 30.9 Å². The van der Waals surface area contributed by atoms with Gasteiger partial charge in [-0.1, -0.05) is 48.5 Å². The molecule has 1 aliphatic rings. The van der Waals surface area contributed by atoms with Crippen molar-refractivity contribution in [3.8, 4) is 18.1 Å². The van der Waals surface area contributed by atoms with Gasteiger partial charge in [0.2, 0.25) is 0 Å². The van der Waals surface area contributed by atoms with Crippen molar-refractivity contribution in [1.82, 2.24) is 4.90 Å². The second-order valence-electron chi connectivity index (χ2n) is 6.00. The number of hydrogen-bond donors (Lipinski definition) is 0. The Kier molecular flexibility index (Phi) is 5.34. The van der Waals surface area contributed by atoms with Crippen LogP contribution in [0, 0.1) is 12.3 Å². The summed E-state index contributed by atoms with van der Waals surface area (Å²) in [6.45, 7) is 2.05. The Balaban J connectivity index is 1.60. The highest BCUT2D eigenvalue weighted by Crippen LogP contribution is 2.28. The van der Waals surface area contributed by atoms with Crippen LogP contribution >= 0.6 is 0 Å². The van der Waals surface area contributed by atoms with Gasteiger partial charge in [0.05, 0.1) is 0 Å². The summed E-state index contributed by atoms with van der Waals surface area (Å²) in [5.74, 6) is 3.81. The summed E-state index contributed by atoms with van der Waals surface area (Å²) in [7, 11) is 0. The lowest BCUT2D eigenvalue weighted by Crippen LogP contribution is -2.40. The highest BCUT2D eigenvalue weighted by molar-refractivity contribution is 5.22. The van der Waals surface area contributed by atoms with Crippen LogP contribution in [0.15, 0.2) is 60.7 Å². The number of benzene rings is 2. The van der Waals surface area contributed by atoms with Crippen LogP contribution < -0.4 is 4.74 Å². The van der Waals surface area contributed by atoms with Gasteiger partial charge in [0.15, 0.2) is 0 Å². The lowest BCUT2D eigenvalue weighted by atomic mass is 9.98. The first-order chi connectivity index (χ1) is 11.4. The number of ether oxygens (including phenoxy) is 1. The van der Waals surface area contributed by atoms with Gasteiger partial charge < -0.3 is 4.74 Å². The summed E-state index contributed by atoms with van der Waals surface area (Å²) < 4.78 is 6.08. The summed E-state index contributed by atoms with van der Waals surface area (Å²) in [6, 6.07) is 21.0. The zero-order valence-electron chi connectivity index (χ0n) is 13.4. The molecule has 2 heteroatoms. The number of nitrogens with zero attached hydrogens (tertiary/aromatic N) is 1. The van der Waals surface area contributed by atoms with Crippen molar-refractivity contribution in [2.75, 3.05) is 13.1 Å². The second kappa shape index (κ2) is 7.85. The molecule has 0 amide bonds. The Morgan fingerprint density at radius 2 is 1.61 bits per heavy atom. The third-order valence-electron chi connectivity index (χ3n) is 4.46. The SMILES string of the molecule is C#CCC(c1ccccc1)N1CCC(Oc2ccccc2)CC1. The molecule has 1 atom stereocenters. The quantitative estimate of drug-likeness (QED) is 0.764. The molecule has 0 spiro atoms. The number of para-hydroxylation sites is 1. The molecule has 1 unspecified atom stereocenters. The molecule has 0 aliphatic carbocycles. The van der Waals surface area contributed by atoms with Crippen LogP contribution in [0.4, 0.5) is 0 Å². The number of hydrogen-bond acceptors (Lipinski definition) is 2. The van der Waals surface area contributed by atoms with E-state index >= 15 is 0 Å². The average Bonchev–Trinajstić information content (AvgIpc) is 2.62. The van der Waals surface area contributed by atoms with E-state index in [4.69, 9.17) is 11.2 Å². The van der Waals surface area contributed by atoms with Gasteiger partial charge in [0.25, 0.3) is 0 Å². The van der Waals surface area contributed by atoms with Crippen LogP contribution in [-0.2, 0) is 0 Å². The molecule has 0 N–H and O–H groups in total. The molecule has 0 radical (unpaired) electrons. The van der Waals surface area contributed by atoms with Crippen LogP contribution in [0.5, 0.6) is 5.75 Å². The smallest absolute Gasteiger partial charge is 0.119 e. The monoisotopic (exact) mass is 305 g/mol. The molecule has 23 heavy (non-hydrogen) atoms. The first kappa shape index (κ1) is 15.6. The molecule has 0 saturated carbocycles. The predicted octanol–water partition coefficient (Wildman–Crippen LogP) is 4.29. The van der Waals surface area contributed by atoms with E-state index in [1.807, 2.05) is 30.3 Å². The molecule has 0 bridgehead atoms. The molecule has 2 nitrogen and oxygen atoms in total. The number of terminal acetylenes is 1. The Labute approximate surface area is 139 Å². The van der Waals surface area contributed by atoms with Crippen LogP contribution in [0.25, 0.3) is 0 Å². The van der Waals surface area contributed by atoms with Gasteiger partial charge in [-0.15, -0.1) is 12.3 Å². The number of likely N-dealkylation sites (tertiary alicyclic amines) is 1. The van der Waals surface area contributed by atoms with Crippen molar-refractivity contribution in [2.45, 2.75) is 31.4 Å². The second-order valence-corrected chi connectivity index (χ2v) is 6.00.